The van der Waals surface area contributed by atoms with Gasteiger partial charge in [-0.3, -0.25) is 0 Å². The lowest BCUT2D eigenvalue weighted by Crippen LogP contribution is -2.26. The van der Waals surface area contributed by atoms with E-state index in [9.17, 15) is 10.1 Å². The Morgan fingerprint density at radius 2 is 1.87 bits per heavy atom. The Balaban J connectivity index is 1.12. The highest BCUT2D eigenvalue weighted by atomic mass is 16.6. The maximum absolute atomic E-state index is 12.5. The zero-order valence-corrected chi connectivity index (χ0v) is 21.0. The van der Waals surface area contributed by atoms with Crippen LogP contribution in [0.25, 0.3) is 33.0 Å². The normalized spacial score (nSPS) is 10.9. The van der Waals surface area contributed by atoms with Crippen molar-refractivity contribution in [1.82, 2.24) is 14.9 Å². The lowest BCUT2D eigenvalue weighted by Gasteiger charge is -2.09. The summed E-state index contributed by atoms with van der Waals surface area (Å²) >= 11 is 0. The first-order valence-electron chi connectivity index (χ1n) is 12.3. The zero-order chi connectivity index (χ0) is 26.8. The van der Waals surface area contributed by atoms with Gasteiger partial charge in [0, 0.05) is 41.8 Å². The maximum atomic E-state index is 12.5. The van der Waals surface area contributed by atoms with Crippen molar-refractivity contribution in [3.63, 3.8) is 0 Å². The number of rotatable bonds is 6. The molecule has 0 aliphatic heterocycles. The first-order valence-corrected chi connectivity index (χ1v) is 12.3. The van der Waals surface area contributed by atoms with Crippen molar-refractivity contribution in [2.75, 3.05) is 5.32 Å². The number of carbonyl (C=O) groups is 1. The zero-order valence-electron chi connectivity index (χ0n) is 21.0. The first-order chi connectivity index (χ1) is 19.1. The Morgan fingerprint density at radius 3 is 2.77 bits per heavy atom. The average Bonchev–Trinajstić information content (AvgIpc) is 3.56. The molecule has 0 spiro atoms. The van der Waals surface area contributed by atoms with Crippen molar-refractivity contribution >= 4 is 39.5 Å². The lowest BCUT2D eigenvalue weighted by molar-refractivity contribution is 0.200. The van der Waals surface area contributed by atoms with E-state index in [2.05, 4.69) is 21.7 Å². The molecule has 0 atom stereocenters. The molecule has 1 amide bonds. The molecule has 0 fully saturated rings. The van der Waals surface area contributed by atoms with Crippen molar-refractivity contribution in [2.45, 2.75) is 6.54 Å². The van der Waals surface area contributed by atoms with Crippen LogP contribution in [-0.2, 0) is 13.6 Å². The van der Waals surface area contributed by atoms with E-state index in [0.29, 0.717) is 23.1 Å². The first kappa shape index (κ1) is 23.8. The lowest BCUT2D eigenvalue weighted by atomic mass is 10.1. The number of hydrogen-bond acceptors (Lipinski definition) is 6. The molecule has 39 heavy (non-hydrogen) atoms. The molecule has 0 radical (unpaired) electrons. The monoisotopic (exact) mass is 513 g/mol. The summed E-state index contributed by atoms with van der Waals surface area (Å²) in [7, 11) is 1.90. The van der Waals surface area contributed by atoms with Gasteiger partial charge in [-0.15, -0.1) is 0 Å². The van der Waals surface area contributed by atoms with E-state index in [0.717, 1.165) is 38.5 Å². The van der Waals surface area contributed by atoms with Crippen LogP contribution in [0.3, 0.4) is 0 Å². The summed E-state index contributed by atoms with van der Waals surface area (Å²) < 4.78 is 13.4. The number of ether oxygens (including phenoxy) is 1. The minimum Gasteiger partial charge on any atom is -0.423 e. The molecule has 2 heterocycles. The number of nitrogens with zero attached hydrogens (tertiary/aromatic N) is 3. The van der Waals surface area contributed by atoms with Gasteiger partial charge in [0.2, 0.25) is 0 Å². The van der Waals surface area contributed by atoms with Crippen molar-refractivity contribution in [1.29, 1.82) is 5.26 Å². The topological polar surface area (TPSA) is 105 Å². The quantitative estimate of drug-likeness (QED) is 0.251. The molecule has 6 aromatic rings. The van der Waals surface area contributed by atoms with Gasteiger partial charge in [0.15, 0.2) is 5.76 Å². The summed E-state index contributed by atoms with van der Waals surface area (Å²) in [6, 6.07) is 29.3. The van der Waals surface area contributed by atoms with Crippen LogP contribution in [0.2, 0.25) is 0 Å². The molecular weight excluding hydrogens is 490 g/mol. The Morgan fingerprint density at radius 1 is 1.03 bits per heavy atom. The summed E-state index contributed by atoms with van der Waals surface area (Å²) in [5, 5.41) is 18.1. The van der Waals surface area contributed by atoms with Crippen LogP contribution in [0.5, 0.6) is 5.75 Å². The molecule has 4 aromatic carbocycles. The number of carbonyl (C=O) groups excluding carboxylic acids is 1. The third kappa shape index (κ3) is 4.89. The number of nitrogens with one attached hydrogen (secondary N) is 2. The van der Waals surface area contributed by atoms with Gasteiger partial charge in [0.05, 0.1) is 17.3 Å². The van der Waals surface area contributed by atoms with Crippen molar-refractivity contribution in [2.24, 2.45) is 7.05 Å². The van der Waals surface area contributed by atoms with E-state index in [1.165, 1.54) is 0 Å². The Kier molecular flexibility index (Phi) is 6.15. The molecule has 8 nitrogen and oxygen atoms in total. The van der Waals surface area contributed by atoms with Gasteiger partial charge in [0.25, 0.3) is 6.01 Å². The fourth-order valence-electron chi connectivity index (χ4n) is 4.57. The van der Waals surface area contributed by atoms with Crippen LogP contribution in [0.15, 0.2) is 102 Å². The van der Waals surface area contributed by atoms with E-state index in [1.54, 1.807) is 12.3 Å². The minimum absolute atomic E-state index is 0.290. The van der Waals surface area contributed by atoms with Gasteiger partial charge in [-0.25, -0.2) is 9.78 Å². The minimum atomic E-state index is -0.528. The Labute approximate surface area is 224 Å². The van der Waals surface area contributed by atoms with Crippen molar-refractivity contribution < 1.29 is 13.9 Å². The van der Waals surface area contributed by atoms with Gasteiger partial charge in [-0.1, -0.05) is 54.6 Å². The smallest absolute Gasteiger partial charge is 0.412 e. The molecule has 2 N–H and O–H groups in total. The van der Waals surface area contributed by atoms with Crippen LogP contribution in [0.4, 0.5) is 16.5 Å². The molecule has 0 saturated heterocycles. The molecule has 0 saturated carbocycles. The van der Waals surface area contributed by atoms with Crippen molar-refractivity contribution in [3.8, 4) is 23.1 Å². The molecule has 6 rings (SSSR count). The second kappa shape index (κ2) is 10.1. The summed E-state index contributed by atoms with van der Waals surface area (Å²) in [6.45, 7) is 0.290. The second-order valence-electron chi connectivity index (χ2n) is 9.07. The van der Waals surface area contributed by atoms with Crippen LogP contribution < -0.4 is 15.4 Å². The van der Waals surface area contributed by atoms with E-state index in [4.69, 9.17) is 9.15 Å². The standard InChI is InChI=1S/C31H23N5O3/c1-36-19-23(16-32)25-13-12-24(15-27(25)36)35-30-33-18-29(38-30)22-9-4-6-20(14-22)17-34-31(37)39-28-11-5-8-21-7-2-3-10-26(21)28/h2-15,18-19H,17H2,1H3,(H,33,35)(H,34,37). The van der Waals surface area contributed by atoms with Crippen molar-refractivity contribution in [3.05, 3.63) is 108 Å². The van der Waals surface area contributed by atoms with Gasteiger partial charge in [0.1, 0.15) is 11.8 Å². The molecule has 190 valence electrons. The molecule has 0 aliphatic carbocycles. The number of fused-ring (bicyclic) bond motifs is 2. The van der Waals surface area contributed by atoms with Gasteiger partial charge < -0.3 is 24.4 Å². The van der Waals surface area contributed by atoms with Gasteiger partial charge >= 0.3 is 6.09 Å². The van der Waals surface area contributed by atoms with Gasteiger partial charge in [-0.05, 0) is 41.3 Å². The van der Waals surface area contributed by atoms with E-state index < -0.39 is 6.09 Å². The fraction of sp³-hybridized carbons (Fsp3) is 0.0645. The Bertz CT molecular complexity index is 1870. The average molecular weight is 514 g/mol. The van der Waals surface area contributed by atoms with Crippen LogP contribution in [-0.4, -0.2) is 15.6 Å². The molecule has 0 unspecified atom stereocenters. The molecule has 2 aromatic heterocycles. The van der Waals surface area contributed by atoms with E-state index in [1.807, 2.05) is 96.7 Å². The third-order valence-corrected chi connectivity index (χ3v) is 6.47. The summed E-state index contributed by atoms with van der Waals surface area (Å²) in [6.07, 6.45) is 2.93. The highest BCUT2D eigenvalue weighted by molar-refractivity contribution is 5.90. The number of hydrogen-bond donors (Lipinski definition) is 2. The number of anilines is 2. The highest BCUT2D eigenvalue weighted by Crippen LogP contribution is 2.29. The number of amides is 1. The SMILES string of the molecule is Cn1cc(C#N)c2ccc(Nc3ncc(-c4cccc(CNC(=O)Oc5cccc6ccccc56)c4)o3)cc21. The predicted molar refractivity (Wildman–Crippen MR) is 150 cm³/mol. The fourth-order valence-corrected chi connectivity index (χ4v) is 4.57. The summed E-state index contributed by atoms with van der Waals surface area (Å²) in [4.78, 5) is 16.9. The van der Waals surface area contributed by atoms with E-state index in [-0.39, 0.29) is 6.54 Å². The molecular formula is C31H23N5O3. The number of aromatic nitrogens is 2. The number of nitriles is 1. The number of benzene rings is 4. The van der Waals surface area contributed by atoms with Crippen LogP contribution in [0.1, 0.15) is 11.1 Å². The Hall–Kier alpha value is -5.55. The number of oxazole rings is 1. The predicted octanol–water partition coefficient (Wildman–Crippen LogP) is 6.89. The van der Waals surface area contributed by atoms with E-state index >= 15 is 0 Å². The third-order valence-electron chi connectivity index (χ3n) is 6.47. The summed E-state index contributed by atoms with van der Waals surface area (Å²) in [5.41, 5.74) is 4.07. The highest BCUT2D eigenvalue weighted by Gasteiger charge is 2.12. The largest absolute Gasteiger partial charge is 0.423 e. The van der Waals surface area contributed by atoms with Crippen LogP contribution >= 0.6 is 0 Å². The van der Waals surface area contributed by atoms with Crippen LogP contribution in [0, 0.1) is 11.3 Å². The summed E-state index contributed by atoms with van der Waals surface area (Å²) in [5.74, 6) is 1.10. The second-order valence-corrected chi connectivity index (χ2v) is 9.07. The maximum Gasteiger partial charge on any atom is 0.412 e. The number of aryl methyl sites for hydroxylation is 1. The molecule has 0 bridgehead atoms. The molecule has 0 aliphatic rings. The van der Waals surface area contributed by atoms with Gasteiger partial charge in [-0.2, -0.15) is 5.26 Å². The molecule has 8 heteroatoms.